The average Bonchev–Trinajstić information content (AvgIpc) is 2.80. The van der Waals surface area contributed by atoms with Crippen molar-refractivity contribution < 1.29 is 14.3 Å². The fourth-order valence-corrected chi connectivity index (χ4v) is 3.82. The fourth-order valence-electron chi connectivity index (χ4n) is 3.82. The molecule has 3 rings (SSSR count). The molecule has 7 nitrogen and oxygen atoms in total. The van der Waals surface area contributed by atoms with Gasteiger partial charge in [-0.25, -0.2) is 4.99 Å². The summed E-state index contributed by atoms with van der Waals surface area (Å²) in [4.78, 5) is 19.4. The molecule has 1 heterocycles. The third kappa shape index (κ3) is 7.89. The Bertz CT molecular complexity index is 910. The molecule has 1 amide bonds. The van der Waals surface area contributed by atoms with Gasteiger partial charge in [0.15, 0.2) is 5.96 Å². The lowest BCUT2D eigenvalue weighted by Gasteiger charge is -2.35. The third-order valence-electron chi connectivity index (χ3n) is 5.31. The highest BCUT2D eigenvalue weighted by atomic mass is 127. The second-order valence-electron chi connectivity index (χ2n) is 8.02. The highest BCUT2D eigenvalue weighted by Crippen LogP contribution is 2.17. The number of guanidine groups is 1. The van der Waals surface area contributed by atoms with Crippen LogP contribution in [0.1, 0.15) is 42.3 Å². The van der Waals surface area contributed by atoms with Gasteiger partial charge in [-0.1, -0.05) is 30.3 Å². The van der Waals surface area contributed by atoms with E-state index in [1.807, 2.05) is 74.2 Å². The van der Waals surface area contributed by atoms with Crippen molar-refractivity contribution in [1.82, 2.24) is 15.5 Å². The maximum Gasteiger partial charge on any atom is 0.254 e. The zero-order chi connectivity index (χ0) is 22.9. The van der Waals surface area contributed by atoms with Crippen molar-refractivity contribution in [2.24, 2.45) is 4.99 Å². The number of halogens is 1. The number of methoxy groups -OCH3 is 1. The number of benzene rings is 2. The largest absolute Gasteiger partial charge is 0.496 e. The summed E-state index contributed by atoms with van der Waals surface area (Å²) in [5, 5.41) is 6.62. The first kappa shape index (κ1) is 26.9. The predicted octanol–water partition coefficient (Wildman–Crippen LogP) is 3.82. The van der Waals surface area contributed by atoms with Crippen LogP contribution in [0.3, 0.4) is 0 Å². The second kappa shape index (κ2) is 13.4. The maximum absolute atomic E-state index is 12.8. The van der Waals surface area contributed by atoms with E-state index in [0.29, 0.717) is 31.7 Å². The van der Waals surface area contributed by atoms with Gasteiger partial charge >= 0.3 is 0 Å². The van der Waals surface area contributed by atoms with Crippen LogP contribution in [0, 0.1) is 0 Å². The van der Waals surface area contributed by atoms with Crippen LogP contribution in [0.4, 0.5) is 0 Å². The molecule has 2 aromatic rings. The van der Waals surface area contributed by atoms with Gasteiger partial charge in [0.25, 0.3) is 5.91 Å². The first-order valence-electron chi connectivity index (χ1n) is 11.2. The highest BCUT2D eigenvalue weighted by Gasteiger charge is 2.26. The summed E-state index contributed by atoms with van der Waals surface area (Å²) < 4.78 is 11.1. The van der Waals surface area contributed by atoms with E-state index < -0.39 is 0 Å². The minimum absolute atomic E-state index is 0. The molecule has 180 valence electrons. The SMILES string of the molecule is CCNC(=NCc1ccc(C(=O)N2CC(C)OC(C)C2)cc1)NCc1ccccc1OC.I. The third-order valence-corrected chi connectivity index (χ3v) is 5.31. The number of morpholine rings is 1. The Kier molecular flexibility index (Phi) is 10.9. The quantitative estimate of drug-likeness (QED) is 0.303. The van der Waals surface area contributed by atoms with Gasteiger partial charge in [0.1, 0.15) is 5.75 Å². The van der Waals surface area contributed by atoms with Gasteiger partial charge < -0.3 is 25.0 Å². The van der Waals surface area contributed by atoms with Crippen LogP contribution in [-0.2, 0) is 17.8 Å². The Hall–Kier alpha value is -2.33. The monoisotopic (exact) mass is 566 g/mol. The molecule has 0 aromatic heterocycles. The van der Waals surface area contributed by atoms with Gasteiger partial charge in [-0.05, 0) is 44.5 Å². The van der Waals surface area contributed by atoms with E-state index in [-0.39, 0.29) is 42.1 Å². The molecule has 1 fully saturated rings. The van der Waals surface area contributed by atoms with Crippen LogP contribution < -0.4 is 15.4 Å². The number of nitrogens with zero attached hydrogens (tertiary/aromatic N) is 2. The van der Waals surface area contributed by atoms with Gasteiger partial charge in [0.05, 0.1) is 25.9 Å². The van der Waals surface area contributed by atoms with Gasteiger partial charge in [0, 0.05) is 37.3 Å². The summed E-state index contributed by atoms with van der Waals surface area (Å²) in [6.45, 7) is 9.18. The number of nitrogens with one attached hydrogen (secondary N) is 2. The van der Waals surface area contributed by atoms with Gasteiger partial charge in [-0.3, -0.25) is 4.79 Å². The topological polar surface area (TPSA) is 75.2 Å². The fraction of sp³-hybridized carbons (Fsp3) is 0.440. The minimum atomic E-state index is 0. The molecule has 2 atom stereocenters. The van der Waals surface area contributed by atoms with Crippen molar-refractivity contribution in [3.63, 3.8) is 0 Å². The standard InChI is InChI=1S/C25H34N4O3.HI/c1-5-26-25(28-15-22-8-6-7-9-23(22)31-4)27-14-20-10-12-21(13-11-20)24(30)29-16-18(2)32-19(3)17-29;/h6-13,18-19H,5,14-17H2,1-4H3,(H2,26,27,28);1H. The molecule has 2 aromatic carbocycles. The predicted molar refractivity (Wildman–Crippen MR) is 142 cm³/mol. The summed E-state index contributed by atoms with van der Waals surface area (Å²) in [7, 11) is 1.67. The number of rotatable bonds is 7. The first-order valence-corrected chi connectivity index (χ1v) is 11.2. The van der Waals surface area contributed by atoms with Crippen molar-refractivity contribution in [2.45, 2.75) is 46.1 Å². The van der Waals surface area contributed by atoms with E-state index in [4.69, 9.17) is 9.47 Å². The Labute approximate surface area is 214 Å². The lowest BCUT2D eigenvalue weighted by molar-refractivity contribution is -0.0586. The van der Waals surface area contributed by atoms with Gasteiger partial charge in [-0.2, -0.15) is 0 Å². The lowest BCUT2D eigenvalue weighted by Crippen LogP contribution is -2.48. The number of hydrogen-bond donors (Lipinski definition) is 2. The molecule has 1 aliphatic rings. The number of para-hydroxylation sites is 1. The Balaban J connectivity index is 0.00000385. The summed E-state index contributed by atoms with van der Waals surface area (Å²) in [5.74, 6) is 1.63. The van der Waals surface area contributed by atoms with E-state index in [9.17, 15) is 4.79 Å². The van der Waals surface area contributed by atoms with Crippen LogP contribution in [0.2, 0.25) is 0 Å². The van der Waals surface area contributed by atoms with Crippen molar-refractivity contribution >= 4 is 35.8 Å². The summed E-state index contributed by atoms with van der Waals surface area (Å²) in [5.41, 5.74) is 2.80. The van der Waals surface area contributed by atoms with Crippen LogP contribution in [0.5, 0.6) is 5.75 Å². The number of aliphatic imine (C=N–C) groups is 1. The summed E-state index contributed by atoms with van der Waals surface area (Å²) in [6, 6.07) is 15.6. The highest BCUT2D eigenvalue weighted by molar-refractivity contribution is 14.0. The molecular formula is C25H35IN4O3. The molecule has 0 bridgehead atoms. The zero-order valence-electron chi connectivity index (χ0n) is 19.8. The molecule has 8 heteroatoms. The first-order chi connectivity index (χ1) is 15.5. The molecule has 2 N–H and O–H groups in total. The zero-order valence-corrected chi connectivity index (χ0v) is 22.2. The number of amides is 1. The Morgan fingerprint density at radius 1 is 1.09 bits per heavy atom. The number of ether oxygens (including phenoxy) is 2. The molecule has 1 aliphatic heterocycles. The summed E-state index contributed by atoms with van der Waals surface area (Å²) in [6.07, 6.45) is 0.119. The molecule has 0 saturated carbocycles. The van der Waals surface area contributed by atoms with E-state index in [0.717, 1.165) is 29.4 Å². The normalized spacial score (nSPS) is 18.3. The van der Waals surface area contributed by atoms with Crippen LogP contribution in [0.15, 0.2) is 53.5 Å². The molecule has 2 unspecified atom stereocenters. The van der Waals surface area contributed by atoms with Crippen molar-refractivity contribution in [1.29, 1.82) is 0 Å². The van der Waals surface area contributed by atoms with Crippen LogP contribution >= 0.6 is 24.0 Å². The van der Waals surface area contributed by atoms with Gasteiger partial charge in [-0.15, -0.1) is 24.0 Å². The second-order valence-corrected chi connectivity index (χ2v) is 8.02. The molecule has 0 aliphatic carbocycles. The van der Waals surface area contributed by atoms with Crippen molar-refractivity contribution in [3.8, 4) is 5.75 Å². The molecule has 0 radical (unpaired) electrons. The van der Waals surface area contributed by atoms with Crippen molar-refractivity contribution in [2.75, 3.05) is 26.7 Å². The van der Waals surface area contributed by atoms with E-state index in [2.05, 4.69) is 15.6 Å². The lowest BCUT2D eigenvalue weighted by atomic mass is 10.1. The van der Waals surface area contributed by atoms with Crippen LogP contribution in [0.25, 0.3) is 0 Å². The smallest absolute Gasteiger partial charge is 0.254 e. The number of hydrogen-bond acceptors (Lipinski definition) is 4. The summed E-state index contributed by atoms with van der Waals surface area (Å²) >= 11 is 0. The molecule has 0 spiro atoms. The number of carbonyl (C=O) groups excluding carboxylic acids is 1. The van der Waals surface area contributed by atoms with E-state index in [1.165, 1.54) is 0 Å². The minimum Gasteiger partial charge on any atom is -0.496 e. The Morgan fingerprint density at radius 3 is 2.39 bits per heavy atom. The van der Waals surface area contributed by atoms with Crippen LogP contribution in [-0.4, -0.2) is 55.7 Å². The van der Waals surface area contributed by atoms with Gasteiger partial charge in [0.2, 0.25) is 0 Å². The Morgan fingerprint density at radius 2 is 1.76 bits per heavy atom. The molecular weight excluding hydrogens is 531 g/mol. The molecule has 1 saturated heterocycles. The van der Waals surface area contributed by atoms with E-state index in [1.54, 1.807) is 7.11 Å². The average molecular weight is 566 g/mol. The van der Waals surface area contributed by atoms with E-state index >= 15 is 0 Å². The number of carbonyl (C=O) groups is 1. The molecule has 33 heavy (non-hydrogen) atoms. The van der Waals surface area contributed by atoms with Crippen molar-refractivity contribution in [3.05, 3.63) is 65.2 Å². The maximum atomic E-state index is 12.8.